The first kappa shape index (κ1) is 19.8. The summed E-state index contributed by atoms with van der Waals surface area (Å²) in [7, 11) is 1.59. The zero-order chi connectivity index (χ0) is 19.4. The van der Waals surface area contributed by atoms with Crippen LogP contribution >= 0.6 is 0 Å². The zero-order valence-electron chi connectivity index (χ0n) is 15.7. The van der Waals surface area contributed by atoms with E-state index in [0.29, 0.717) is 64.0 Å². The van der Waals surface area contributed by atoms with E-state index in [1.54, 1.807) is 29.0 Å². The highest BCUT2D eigenvalue weighted by Crippen LogP contribution is 2.34. The lowest BCUT2D eigenvalue weighted by atomic mass is 9.84. The topological polar surface area (TPSA) is 70.1 Å². The van der Waals surface area contributed by atoms with Gasteiger partial charge in [0.1, 0.15) is 5.82 Å². The van der Waals surface area contributed by atoms with Gasteiger partial charge in [-0.15, -0.1) is 0 Å². The molecule has 3 rings (SSSR count). The van der Waals surface area contributed by atoms with Crippen LogP contribution in [0, 0.1) is 11.7 Å². The van der Waals surface area contributed by atoms with Crippen molar-refractivity contribution in [1.29, 1.82) is 0 Å². The fraction of sp³-hybridized carbons (Fsp3) is 0.600. The van der Waals surface area contributed by atoms with Crippen molar-refractivity contribution < 1.29 is 23.8 Å². The number of carbonyl (C=O) groups excluding carboxylic acids is 2. The highest BCUT2D eigenvalue weighted by Gasteiger charge is 2.38. The molecule has 2 aliphatic rings. The average molecular weight is 378 g/mol. The number of methoxy groups -OCH3 is 1. The number of hydrogen-bond donors (Lipinski definition) is 1. The molecule has 1 N–H and O–H groups in total. The van der Waals surface area contributed by atoms with Crippen LogP contribution in [0.15, 0.2) is 24.3 Å². The summed E-state index contributed by atoms with van der Waals surface area (Å²) in [5.74, 6) is -0.414. The Morgan fingerprint density at radius 3 is 2.59 bits per heavy atom. The molecule has 7 heteroatoms. The van der Waals surface area contributed by atoms with Gasteiger partial charge in [0.15, 0.2) is 0 Å². The van der Waals surface area contributed by atoms with Gasteiger partial charge in [0, 0.05) is 39.7 Å². The van der Waals surface area contributed by atoms with Gasteiger partial charge >= 0.3 is 0 Å². The van der Waals surface area contributed by atoms with Crippen molar-refractivity contribution in [2.75, 3.05) is 39.9 Å². The van der Waals surface area contributed by atoms with Crippen molar-refractivity contribution >= 4 is 11.8 Å². The van der Waals surface area contributed by atoms with Crippen molar-refractivity contribution in [3.8, 4) is 0 Å². The normalized spacial score (nSPS) is 22.8. The predicted octanol–water partition coefficient (Wildman–Crippen LogP) is 1.52. The Kier molecular flexibility index (Phi) is 6.11. The molecule has 2 fully saturated rings. The Morgan fingerprint density at radius 2 is 1.96 bits per heavy atom. The third-order valence-electron chi connectivity index (χ3n) is 5.70. The van der Waals surface area contributed by atoms with Gasteiger partial charge in [-0.2, -0.15) is 0 Å². The van der Waals surface area contributed by atoms with Crippen molar-refractivity contribution in [3.05, 3.63) is 35.6 Å². The highest BCUT2D eigenvalue weighted by molar-refractivity contribution is 5.84. The number of carbonyl (C=O) groups is 2. The Morgan fingerprint density at radius 1 is 1.30 bits per heavy atom. The molecule has 27 heavy (non-hydrogen) atoms. The molecule has 1 aromatic carbocycles. The van der Waals surface area contributed by atoms with Crippen LogP contribution in [0.4, 0.5) is 4.39 Å². The van der Waals surface area contributed by atoms with Crippen molar-refractivity contribution in [1.82, 2.24) is 9.80 Å². The van der Waals surface area contributed by atoms with Crippen molar-refractivity contribution in [3.63, 3.8) is 0 Å². The molecule has 2 amide bonds. The number of amides is 2. The summed E-state index contributed by atoms with van der Waals surface area (Å²) in [5.41, 5.74) is -0.345. The van der Waals surface area contributed by atoms with Crippen LogP contribution in [-0.4, -0.2) is 66.6 Å². The molecular weight excluding hydrogens is 351 g/mol. The maximum absolute atomic E-state index is 13.1. The molecule has 2 saturated heterocycles. The quantitative estimate of drug-likeness (QED) is 0.844. The van der Waals surface area contributed by atoms with Gasteiger partial charge in [-0.05, 0) is 37.0 Å². The summed E-state index contributed by atoms with van der Waals surface area (Å²) < 4.78 is 18.2. The molecule has 6 nitrogen and oxygen atoms in total. The highest BCUT2D eigenvalue weighted by atomic mass is 19.1. The lowest BCUT2D eigenvalue weighted by Gasteiger charge is -2.41. The van der Waals surface area contributed by atoms with Crippen LogP contribution in [0.3, 0.4) is 0 Å². The second kappa shape index (κ2) is 8.35. The third-order valence-corrected chi connectivity index (χ3v) is 5.70. The number of hydrogen-bond acceptors (Lipinski definition) is 4. The number of likely N-dealkylation sites (tertiary alicyclic amines) is 2. The lowest BCUT2D eigenvalue weighted by molar-refractivity contribution is -0.146. The predicted molar refractivity (Wildman–Crippen MR) is 97.3 cm³/mol. The smallest absolute Gasteiger partial charge is 0.227 e. The maximum atomic E-state index is 13.1. The van der Waals surface area contributed by atoms with E-state index >= 15 is 0 Å². The largest absolute Gasteiger partial charge is 0.385 e. The van der Waals surface area contributed by atoms with Gasteiger partial charge in [-0.1, -0.05) is 12.1 Å². The molecular formula is C20H27FN2O4. The van der Waals surface area contributed by atoms with Crippen LogP contribution < -0.4 is 0 Å². The molecule has 0 radical (unpaired) electrons. The molecule has 1 unspecified atom stereocenters. The molecule has 1 aromatic rings. The van der Waals surface area contributed by atoms with E-state index in [4.69, 9.17) is 4.74 Å². The molecule has 2 aliphatic heterocycles. The van der Waals surface area contributed by atoms with Crippen LogP contribution in [0.5, 0.6) is 0 Å². The Labute approximate surface area is 158 Å². The average Bonchev–Trinajstić information content (AvgIpc) is 2.68. The van der Waals surface area contributed by atoms with E-state index in [-0.39, 0.29) is 23.5 Å². The van der Waals surface area contributed by atoms with Gasteiger partial charge in [0.2, 0.25) is 11.8 Å². The zero-order valence-corrected chi connectivity index (χ0v) is 15.7. The summed E-state index contributed by atoms with van der Waals surface area (Å²) in [5, 5.41) is 10.9. The van der Waals surface area contributed by atoms with Crippen LogP contribution in [0.25, 0.3) is 0 Å². The molecule has 0 bridgehead atoms. The molecule has 2 heterocycles. The van der Waals surface area contributed by atoms with Gasteiger partial charge in [0.25, 0.3) is 0 Å². The Bertz CT molecular complexity index is 671. The summed E-state index contributed by atoms with van der Waals surface area (Å²) >= 11 is 0. The number of benzene rings is 1. The Balaban J connectivity index is 1.58. The standard InChI is InChI=1S/C20H27FN2O4/c1-27-13-12-23-14-15(2-7-18(23)24)19(25)22-10-8-20(26,9-11-22)16-3-5-17(21)6-4-16/h3-6,15,26H,2,7-14H2,1H3. The van der Waals surface area contributed by atoms with E-state index in [2.05, 4.69) is 0 Å². The number of halogens is 1. The van der Waals surface area contributed by atoms with Gasteiger partial charge < -0.3 is 19.6 Å². The minimum Gasteiger partial charge on any atom is -0.385 e. The number of rotatable bonds is 5. The van der Waals surface area contributed by atoms with E-state index in [9.17, 15) is 19.1 Å². The van der Waals surface area contributed by atoms with Crippen LogP contribution in [-0.2, 0) is 19.9 Å². The number of nitrogens with zero attached hydrogens (tertiary/aromatic N) is 2. The van der Waals surface area contributed by atoms with Crippen LogP contribution in [0.1, 0.15) is 31.2 Å². The summed E-state index contributed by atoms with van der Waals surface area (Å²) in [6.07, 6.45) is 1.79. The fourth-order valence-electron chi connectivity index (χ4n) is 3.94. The minimum atomic E-state index is -1.03. The lowest BCUT2D eigenvalue weighted by Crippen LogP contribution is -2.51. The van der Waals surface area contributed by atoms with Crippen molar-refractivity contribution in [2.24, 2.45) is 5.92 Å². The number of piperidine rings is 2. The molecule has 0 saturated carbocycles. The summed E-state index contributed by atoms with van der Waals surface area (Å²) in [6.45, 7) is 2.30. The van der Waals surface area contributed by atoms with E-state index in [1.165, 1.54) is 12.1 Å². The molecule has 0 aromatic heterocycles. The monoisotopic (exact) mass is 378 g/mol. The summed E-state index contributed by atoms with van der Waals surface area (Å²) in [4.78, 5) is 28.4. The Hall–Kier alpha value is -1.99. The van der Waals surface area contributed by atoms with Gasteiger partial charge in [0.05, 0.1) is 18.1 Å². The second-order valence-electron chi connectivity index (χ2n) is 7.43. The summed E-state index contributed by atoms with van der Waals surface area (Å²) in [6, 6.07) is 5.90. The van der Waals surface area contributed by atoms with Crippen LogP contribution in [0.2, 0.25) is 0 Å². The number of aliphatic hydroxyl groups is 1. The maximum Gasteiger partial charge on any atom is 0.227 e. The second-order valence-corrected chi connectivity index (χ2v) is 7.43. The SMILES string of the molecule is COCCN1CC(C(=O)N2CCC(O)(c3ccc(F)cc3)CC2)CCC1=O. The first-order valence-corrected chi connectivity index (χ1v) is 9.47. The van der Waals surface area contributed by atoms with Gasteiger partial charge in [-0.25, -0.2) is 4.39 Å². The van der Waals surface area contributed by atoms with E-state index in [0.717, 1.165) is 0 Å². The van der Waals surface area contributed by atoms with E-state index in [1.807, 2.05) is 0 Å². The van der Waals surface area contributed by atoms with E-state index < -0.39 is 5.60 Å². The number of ether oxygens (including phenoxy) is 1. The minimum absolute atomic E-state index is 0.0473. The first-order valence-electron chi connectivity index (χ1n) is 9.47. The molecule has 148 valence electrons. The third kappa shape index (κ3) is 4.47. The molecule has 0 aliphatic carbocycles. The fourth-order valence-corrected chi connectivity index (χ4v) is 3.94. The molecule has 1 atom stereocenters. The molecule has 0 spiro atoms. The van der Waals surface area contributed by atoms with Crippen molar-refractivity contribution in [2.45, 2.75) is 31.3 Å². The van der Waals surface area contributed by atoms with Gasteiger partial charge in [-0.3, -0.25) is 9.59 Å². The first-order chi connectivity index (χ1) is 12.9.